The lowest BCUT2D eigenvalue weighted by atomic mass is 10.3. The van der Waals surface area contributed by atoms with Crippen molar-refractivity contribution in [3.8, 4) is 0 Å². The fourth-order valence-corrected chi connectivity index (χ4v) is 0.617. The Hall–Kier alpha value is -0.340. The molecule has 2 N–H and O–H groups in total. The maximum Gasteiger partial charge on any atom is 0.102 e. The third-order valence-electron chi connectivity index (χ3n) is 1.22. The van der Waals surface area contributed by atoms with Crippen molar-refractivity contribution in [3.63, 3.8) is 0 Å². The smallest absolute Gasteiger partial charge is 0.102 e. The molecule has 1 saturated heterocycles. The molecule has 1 rings (SSSR count). The van der Waals surface area contributed by atoms with Crippen LogP contribution in [0.25, 0.3) is 0 Å². The minimum Gasteiger partial charge on any atom is -0.365 e. The summed E-state index contributed by atoms with van der Waals surface area (Å²) in [6, 6.07) is 0. The zero-order chi connectivity index (χ0) is 5.98. The van der Waals surface area contributed by atoms with Gasteiger partial charge in [0.25, 0.3) is 0 Å². The molecule has 0 aliphatic carbocycles. The SMILES string of the molecule is CC1OC1/C=C/CN. The second kappa shape index (κ2) is 2.29. The Balaban J connectivity index is 2.12. The Labute approximate surface area is 49.3 Å². The van der Waals surface area contributed by atoms with Gasteiger partial charge < -0.3 is 10.5 Å². The first kappa shape index (κ1) is 5.79. The summed E-state index contributed by atoms with van der Waals surface area (Å²) in [5.41, 5.74) is 5.21. The molecular weight excluding hydrogens is 102 g/mol. The van der Waals surface area contributed by atoms with Gasteiger partial charge in [0.1, 0.15) is 6.10 Å². The van der Waals surface area contributed by atoms with Crippen molar-refractivity contribution in [2.24, 2.45) is 5.73 Å². The summed E-state index contributed by atoms with van der Waals surface area (Å²) in [5, 5.41) is 0. The van der Waals surface area contributed by atoms with Crippen LogP contribution in [0.15, 0.2) is 12.2 Å². The first-order valence-electron chi connectivity index (χ1n) is 2.87. The summed E-state index contributed by atoms with van der Waals surface area (Å²) in [7, 11) is 0. The topological polar surface area (TPSA) is 38.5 Å². The lowest BCUT2D eigenvalue weighted by Crippen LogP contribution is -1.93. The number of hydrogen-bond acceptors (Lipinski definition) is 2. The zero-order valence-electron chi connectivity index (χ0n) is 5.00. The van der Waals surface area contributed by atoms with Gasteiger partial charge >= 0.3 is 0 Å². The summed E-state index contributed by atoms with van der Waals surface area (Å²) in [5.74, 6) is 0. The first-order chi connectivity index (χ1) is 3.84. The highest BCUT2D eigenvalue weighted by Gasteiger charge is 2.30. The molecule has 1 aliphatic heterocycles. The van der Waals surface area contributed by atoms with Crippen molar-refractivity contribution in [1.82, 2.24) is 0 Å². The van der Waals surface area contributed by atoms with Gasteiger partial charge in [0, 0.05) is 6.54 Å². The Bertz CT molecular complexity index is 101. The van der Waals surface area contributed by atoms with Gasteiger partial charge in [-0.05, 0) is 6.92 Å². The van der Waals surface area contributed by atoms with Crippen molar-refractivity contribution in [1.29, 1.82) is 0 Å². The van der Waals surface area contributed by atoms with Gasteiger partial charge in [-0.2, -0.15) is 0 Å². The monoisotopic (exact) mass is 113 g/mol. The summed E-state index contributed by atoms with van der Waals surface area (Å²) in [6.07, 6.45) is 4.72. The number of hydrogen-bond donors (Lipinski definition) is 1. The van der Waals surface area contributed by atoms with Crippen molar-refractivity contribution in [2.45, 2.75) is 19.1 Å². The lowest BCUT2D eigenvalue weighted by Gasteiger charge is -1.75. The average molecular weight is 113 g/mol. The zero-order valence-corrected chi connectivity index (χ0v) is 5.00. The van der Waals surface area contributed by atoms with Crippen LogP contribution >= 0.6 is 0 Å². The standard InChI is InChI=1S/C6H11NO/c1-5-6(8-5)3-2-4-7/h2-3,5-6H,4,7H2,1H3/b3-2+. The van der Waals surface area contributed by atoms with E-state index in [1.165, 1.54) is 0 Å². The lowest BCUT2D eigenvalue weighted by molar-refractivity contribution is 0.400. The van der Waals surface area contributed by atoms with Crippen molar-refractivity contribution < 1.29 is 4.74 Å². The number of epoxide rings is 1. The quantitative estimate of drug-likeness (QED) is 0.413. The molecule has 0 aromatic rings. The third-order valence-corrected chi connectivity index (χ3v) is 1.22. The predicted molar refractivity (Wildman–Crippen MR) is 32.5 cm³/mol. The van der Waals surface area contributed by atoms with Gasteiger partial charge in [0.15, 0.2) is 0 Å². The molecule has 0 aromatic carbocycles. The minimum atomic E-state index is 0.360. The summed E-state index contributed by atoms with van der Waals surface area (Å²) in [4.78, 5) is 0. The maximum absolute atomic E-state index is 5.21. The molecule has 2 atom stereocenters. The molecular formula is C6H11NO. The molecule has 0 spiro atoms. The van der Waals surface area contributed by atoms with Crippen molar-refractivity contribution in [2.75, 3.05) is 6.54 Å². The summed E-state index contributed by atoms with van der Waals surface area (Å²) >= 11 is 0. The molecule has 0 saturated carbocycles. The van der Waals surface area contributed by atoms with Crippen LogP contribution in [0.1, 0.15) is 6.92 Å². The first-order valence-corrected chi connectivity index (χ1v) is 2.87. The molecule has 0 radical (unpaired) electrons. The molecule has 46 valence electrons. The van der Waals surface area contributed by atoms with E-state index in [0.29, 0.717) is 18.8 Å². The molecule has 8 heavy (non-hydrogen) atoms. The molecule has 1 heterocycles. The third kappa shape index (κ3) is 1.32. The Morgan fingerprint density at radius 3 is 2.75 bits per heavy atom. The van der Waals surface area contributed by atoms with Gasteiger partial charge in [0.2, 0.25) is 0 Å². The van der Waals surface area contributed by atoms with Gasteiger partial charge in [-0.15, -0.1) is 0 Å². The van der Waals surface area contributed by atoms with E-state index in [9.17, 15) is 0 Å². The summed E-state index contributed by atoms with van der Waals surface area (Å²) in [6.45, 7) is 2.66. The number of ether oxygens (including phenoxy) is 1. The van der Waals surface area contributed by atoms with Crippen LogP contribution < -0.4 is 5.73 Å². The van der Waals surface area contributed by atoms with Crippen LogP contribution in [0.2, 0.25) is 0 Å². The molecule has 0 aromatic heterocycles. The largest absolute Gasteiger partial charge is 0.365 e. The predicted octanol–water partition coefficient (Wildman–Crippen LogP) is 0.289. The second-order valence-electron chi connectivity index (χ2n) is 1.97. The molecule has 0 amide bonds. The van der Waals surface area contributed by atoms with E-state index in [2.05, 4.69) is 0 Å². The molecule has 2 heteroatoms. The van der Waals surface area contributed by atoms with Crippen LogP contribution in [0, 0.1) is 0 Å². The normalized spacial score (nSPS) is 36.2. The van der Waals surface area contributed by atoms with Crippen molar-refractivity contribution in [3.05, 3.63) is 12.2 Å². The van der Waals surface area contributed by atoms with Crippen molar-refractivity contribution >= 4 is 0 Å². The van der Waals surface area contributed by atoms with E-state index in [-0.39, 0.29) is 0 Å². The minimum absolute atomic E-state index is 0.360. The van der Waals surface area contributed by atoms with Crippen LogP contribution in [0.5, 0.6) is 0 Å². The molecule has 0 bridgehead atoms. The Morgan fingerprint density at radius 1 is 1.75 bits per heavy atom. The number of nitrogens with two attached hydrogens (primary N) is 1. The highest BCUT2D eigenvalue weighted by atomic mass is 16.6. The fraction of sp³-hybridized carbons (Fsp3) is 0.667. The van der Waals surface area contributed by atoms with Crippen LogP contribution in [0.3, 0.4) is 0 Å². The van der Waals surface area contributed by atoms with E-state index in [4.69, 9.17) is 10.5 Å². The van der Waals surface area contributed by atoms with Gasteiger partial charge in [-0.25, -0.2) is 0 Å². The van der Waals surface area contributed by atoms with Gasteiger partial charge in [-0.1, -0.05) is 12.2 Å². The van der Waals surface area contributed by atoms with Crippen LogP contribution in [-0.4, -0.2) is 18.8 Å². The average Bonchev–Trinajstić information content (AvgIpc) is 2.42. The Kier molecular flexibility index (Phi) is 1.65. The highest BCUT2D eigenvalue weighted by molar-refractivity contribution is 5.00. The fourth-order valence-electron chi connectivity index (χ4n) is 0.617. The van der Waals surface area contributed by atoms with E-state index in [1.807, 2.05) is 19.1 Å². The molecule has 2 nitrogen and oxygen atoms in total. The second-order valence-corrected chi connectivity index (χ2v) is 1.97. The van der Waals surface area contributed by atoms with E-state index in [1.54, 1.807) is 0 Å². The van der Waals surface area contributed by atoms with Crippen LogP contribution in [-0.2, 0) is 4.74 Å². The van der Waals surface area contributed by atoms with E-state index >= 15 is 0 Å². The van der Waals surface area contributed by atoms with Gasteiger partial charge in [0.05, 0.1) is 6.10 Å². The molecule has 1 fully saturated rings. The van der Waals surface area contributed by atoms with Crippen LogP contribution in [0.4, 0.5) is 0 Å². The maximum atomic E-state index is 5.21. The van der Waals surface area contributed by atoms with E-state index in [0.717, 1.165) is 0 Å². The van der Waals surface area contributed by atoms with E-state index < -0.39 is 0 Å². The summed E-state index contributed by atoms with van der Waals surface area (Å²) < 4.78 is 5.08. The molecule has 1 aliphatic rings. The Morgan fingerprint density at radius 2 is 2.38 bits per heavy atom. The number of rotatable bonds is 2. The highest BCUT2D eigenvalue weighted by Crippen LogP contribution is 2.21. The molecule has 2 unspecified atom stereocenters. The van der Waals surface area contributed by atoms with Gasteiger partial charge in [-0.3, -0.25) is 0 Å².